The standard InChI is InChI=1S/C11H8BrF2NO4S/c1-19-10(18)8-7(9(16)17)15-4-5(12)2-3-6(15)11(13,14)20-8/h2-4,6H,1H3,(H,16,17). The van der Waals surface area contributed by atoms with Crippen LogP contribution in [0.5, 0.6) is 0 Å². The van der Waals surface area contributed by atoms with E-state index in [9.17, 15) is 23.5 Å². The molecule has 1 N–H and O–H groups in total. The van der Waals surface area contributed by atoms with Crippen molar-refractivity contribution >= 4 is 39.6 Å². The van der Waals surface area contributed by atoms with Crippen molar-refractivity contribution in [1.29, 1.82) is 0 Å². The fourth-order valence-electron chi connectivity index (χ4n) is 1.81. The van der Waals surface area contributed by atoms with Gasteiger partial charge in [-0.15, -0.1) is 0 Å². The van der Waals surface area contributed by atoms with Crippen LogP contribution in [0, 0.1) is 0 Å². The molecule has 0 aromatic carbocycles. The third kappa shape index (κ3) is 2.47. The molecule has 0 radical (unpaired) electrons. The molecule has 0 spiro atoms. The van der Waals surface area contributed by atoms with E-state index in [-0.39, 0.29) is 11.8 Å². The average molecular weight is 368 g/mol. The quantitative estimate of drug-likeness (QED) is 0.755. The highest BCUT2D eigenvalue weighted by atomic mass is 79.9. The van der Waals surface area contributed by atoms with Gasteiger partial charge in [-0.2, -0.15) is 8.78 Å². The van der Waals surface area contributed by atoms with Crippen LogP contribution < -0.4 is 0 Å². The number of carboxylic acid groups (broad SMARTS) is 1. The van der Waals surface area contributed by atoms with E-state index in [1.807, 2.05) is 0 Å². The summed E-state index contributed by atoms with van der Waals surface area (Å²) in [4.78, 5) is 23.1. The van der Waals surface area contributed by atoms with Crippen molar-refractivity contribution in [1.82, 2.24) is 4.90 Å². The molecule has 1 unspecified atom stereocenters. The summed E-state index contributed by atoms with van der Waals surface area (Å²) in [5, 5.41) is 5.86. The van der Waals surface area contributed by atoms with E-state index in [1.54, 1.807) is 0 Å². The maximum atomic E-state index is 14.0. The number of alkyl halides is 2. The molecule has 0 aromatic heterocycles. The molecule has 2 rings (SSSR count). The molecule has 5 nitrogen and oxygen atoms in total. The zero-order chi connectivity index (χ0) is 15.1. The summed E-state index contributed by atoms with van der Waals surface area (Å²) >= 11 is 2.99. The topological polar surface area (TPSA) is 66.8 Å². The van der Waals surface area contributed by atoms with E-state index in [0.29, 0.717) is 4.48 Å². The zero-order valence-electron chi connectivity index (χ0n) is 9.97. The van der Waals surface area contributed by atoms with Crippen LogP contribution in [0.3, 0.4) is 0 Å². The van der Waals surface area contributed by atoms with Gasteiger partial charge in [-0.3, -0.25) is 0 Å². The second kappa shape index (κ2) is 5.21. The number of esters is 1. The number of carboxylic acids is 1. The predicted molar refractivity (Wildman–Crippen MR) is 71.0 cm³/mol. The van der Waals surface area contributed by atoms with E-state index in [1.165, 1.54) is 18.4 Å². The number of nitrogens with zero attached hydrogens (tertiary/aromatic N) is 1. The molecular formula is C11H8BrF2NO4S. The van der Waals surface area contributed by atoms with Crippen LogP contribution in [0.2, 0.25) is 0 Å². The van der Waals surface area contributed by atoms with E-state index < -0.39 is 33.8 Å². The monoisotopic (exact) mass is 367 g/mol. The normalized spacial score (nSPS) is 24.1. The predicted octanol–water partition coefficient (Wildman–Crippen LogP) is 2.27. The second-order valence-corrected chi connectivity index (χ2v) is 5.94. The maximum Gasteiger partial charge on any atom is 0.354 e. The number of halogens is 3. The molecule has 1 atom stereocenters. The average Bonchev–Trinajstić information content (AvgIpc) is 2.35. The number of thioether (sulfide) groups is 1. The number of rotatable bonds is 2. The van der Waals surface area contributed by atoms with Gasteiger partial charge in [0.2, 0.25) is 0 Å². The van der Waals surface area contributed by atoms with Crippen LogP contribution in [0.25, 0.3) is 0 Å². The van der Waals surface area contributed by atoms with Crippen LogP contribution in [-0.2, 0) is 14.3 Å². The Balaban J connectivity index is 2.63. The highest BCUT2D eigenvalue weighted by Gasteiger charge is 2.52. The molecule has 9 heteroatoms. The van der Waals surface area contributed by atoms with Crippen LogP contribution in [0.15, 0.2) is 33.4 Å². The minimum atomic E-state index is -3.36. The largest absolute Gasteiger partial charge is 0.477 e. The van der Waals surface area contributed by atoms with Crippen LogP contribution in [-0.4, -0.2) is 40.4 Å². The number of methoxy groups -OCH3 is 1. The van der Waals surface area contributed by atoms with Crippen molar-refractivity contribution in [2.75, 3.05) is 7.11 Å². The minimum absolute atomic E-state index is 0.102. The maximum absolute atomic E-state index is 14.0. The fourth-order valence-corrected chi connectivity index (χ4v) is 3.22. The number of hydrogen-bond donors (Lipinski definition) is 1. The van der Waals surface area contributed by atoms with Crippen molar-refractivity contribution in [2.24, 2.45) is 0 Å². The van der Waals surface area contributed by atoms with E-state index in [2.05, 4.69) is 20.7 Å². The number of carbonyl (C=O) groups excluding carboxylic acids is 1. The van der Waals surface area contributed by atoms with Gasteiger partial charge in [0.15, 0.2) is 0 Å². The second-order valence-electron chi connectivity index (χ2n) is 3.86. The highest BCUT2D eigenvalue weighted by molar-refractivity contribution is 9.11. The molecule has 0 saturated carbocycles. The van der Waals surface area contributed by atoms with Gasteiger partial charge < -0.3 is 14.7 Å². The van der Waals surface area contributed by atoms with Gasteiger partial charge in [-0.25, -0.2) is 9.59 Å². The lowest BCUT2D eigenvalue weighted by Gasteiger charge is -2.40. The smallest absolute Gasteiger partial charge is 0.354 e. The number of aliphatic carboxylic acids is 1. The van der Waals surface area contributed by atoms with Gasteiger partial charge >= 0.3 is 17.2 Å². The first-order valence-electron chi connectivity index (χ1n) is 5.24. The number of carbonyl (C=O) groups is 2. The molecule has 108 valence electrons. The summed E-state index contributed by atoms with van der Waals surface area (Å²) in [6.45, 7) is 0. The molecule has 0 aromatic rings. The first-order chi connectivity index (χ1) is 9.27. The van der Waals surface area contributed by atoms with Gasteiger partial charge in [0.25, 0.3) is 0 Å². The lowest BCUT2D eigenvalue weighted by atomic mass is 10.1. The highest BCUT2D eigenvalue weighted by Crippen LogP contribution is 2.49. The summed E-state index contributed by atoms with van der Waals surface area (Å²) in [5.74, 6) is -2.59. The Morgan fingerprint density at radius 2 is 2.20 bits per heavy atom. The molecule has 2 aliphatic heterocycles. The molecule has 0 fully saturated rings. The third-order valence-electron chi connectivity index (χ3n) is 2.63. The molecule has 0 aliphatic carbocycles. The molecule has 2 heterocycles. The Kier molecular flexibility index (Phi) is 3.92. The molecular weight excluding hydrogens is 360 g/mol. The van der Waals surface area contributed by atoms with E-state index in [4.69, 9.17) is 0 Å². The zero-order valence-corrected chi connectivity index (χ0v) is 12.4. The fraction of sp³-hybridized carbons (Fsp3) is 0.273. The van der Waals surface area contributed by atoms with Crippen LogP contribution >= 0.6 is 27.7 Å². The molecule has 0 bridgehead atoms. The summed E-state index contributed by atoms with van der Waals surface area (Å²) in [6, 6.07) is -1.48. The van der Waals surface area contributed by atoms with Crippen molar-refractivity contribution in [3.8, 4) is 0 Å². The Hall–Kier alpha value is -1.35. The molecule has 0 saturated heterocycles. The molecule has 2 aliphatic rings. The van der Waals surface area contributed by atoms with Crippen molar-refractivity contribution in [2.45, 2.75) is 11.3 Å². The van der Waals surface area contributed by atoms with Gasteiger partial charge in [0.1, 0.15) is 16.6 Å². The summed E-state index contributed by atoms with van der Waals surface area (Å²) in [5.41, 5.74) is -0.529. The Bertz CT molecular complexity index is 573. The number of fused-ring (bicyclic) bond motifs is 1. The third-order valence-corrected chi connectivity index (χ3v) is 4.18. The number of hydrogen-bond acceptors (Lipinski definition) is 5. The number of ether oxygens (including phenoxy) is 1. The first kappa shape index (κ1) is 15.0. The van der Waals surface area contributed by atoms with Gasteiger partial charge in [-0.05, 0) is 33.8 Å². The van der Waals surface area contributed by atoms with E-state index in [0.717, 1.165) is 12.0 Å². The Morgan fingerprint density at radius 3 is 2.75 bits per heavy atom. The SMILES string of the molecule is COC(=O)C1=C(C(=O)O)N2C=C(Br)C=CC2C(F)(F)S1. The lowest BCUT2D eigenvalue weighted by molar-refractivity contribution is -0.139. The van der Waals surface area contributed by atoms with Crippen molar-refractivity contribution < 1.29 is 28.2 Å². The minimum Gasteiger partial charge on any atom is -0.477 e. The van der Waals surface area contributed by atoms with Gasteiger partial charge in [0.05, 0.1) is 7.11 Å². The summed E-state index contributed by atoms with van der Waals surface area (Å²) < 4.78 is 32.9. The van der Waals surface area contributed by atoms with Gasteiger partial charge in [-0.1, -0.05) is 6.08 Å². The first-order valence-corrected chi connectivity index (χ1v) is 6.85. The Labute approximate surface area is 125 Å². The number of allylic oxidation sites excluding steroid dienone is 2. The van der Waals surface area contributed by atoms with Crippen molar-refractivity contribution in [3.63, 3.8) is 0 Å². The van der Waals surface area contributed by atoms with Crippen LogP contribution in [0.4, 0.5) is 8.78 Å². The van der Waals surface area contributed by atoms with Crippen molar-refractivity contribution in [3.05, 3.63) is 33.4 Å². The summed E-state index contributed by atoms with van der Waals surface area (Å²) in [7, 11) is 1.00. The lowest BCUT2D eigenvalue weighted by Crippen LogP contribution is -2.48. The summed E-state index contributed by atoms with van der Waals surface area (Å²) in [6.07, 6.45) is 3.77. The van der Waals surface area contributed by atoms with Gasteiger partial charge in [0, 0.05) is 10.7 Å². The molecule has 0 amide bonds. The molecule has 20 heavy (non-hydrogen) atoms. The van der Waals surface area contributed by atoms with Crippen LogP contribution in [0.1, 0.15) is 0 Å². The Morgan fingerprint density at radius 1 is 1.55 bits per heavy atom. The van der Waals surface area contributed by atoms with E-state index >= 15 is 0 Å².